The first kappa shape index (κ1) is 24.4. The molecule has 3 N–H and O–H groups in total. The highest BCUT2D eigenvalue weighted by Crippen LogP contribution is 2.40. The predicted molar refractivity (Wildman–Crippen MR) is 133 cm³/mol. The average molecular weight is 505 g/mol. The van der Waals surface area contributed by atoms with Gasteiger partial charge in [-0.1, -0.05) is 48.9 Å². The van der Waals surface area contributed by atoms with E-state index >= 15 is 0 Å². The van der Waals surface area contributed by atoms with E-state index in [1.165, 1.54) is 7.05 Å². The number of pyridine rings is 1. The third-order valence-electron chi connectivity index (χ3n) is 6.12. The van der Waals surface area contributed by atoms with Gasteiger partial charge in [-0.05, 0) is 43.2 Å². The number of nitrogens with two attached hydrogens (primary N) is 1. The summed E-state index contributed by atoms with van der Waals surface area (Å²) in [5, 5.41) is 11.7. The number of hydrogen-bond acceptors (Lipinski definition) is 8. The fraction of sp³-hybridized carbons (Fsp3) is 0.435. The van der Waals surface area contributed by atoms with Gasteiger partial charge in [0.15, 0.2) is 5.82 Å². The summed E-state index contributed by atoms with van der Waals surface area (Å²) in [4.78, 5) is 4.45. The Bertz CT molecular complexity index is 1280. The number of halogens is 1. The normalized spacial score (nSPS) is 19.5. The lowest BCUT2D eigenvalue weighted by molar-refractivity contribution is 0.355. The minimum atomic E-state index is -3.60. The van der Waals surface area contributed by atoms with Gasteiger partial charge in [0.1, 0.15) is 5.82 Å². The highest BCUT2D eigenvalue weighted by atomic mass is 35.5. The van der Waals surface area contributed by atoms with E-state index in [1.54, 1.807) is 6.07 Å². The molecule has 0 saturated heterocycles. The molecule has 34 heavy (non-hydrogen) atoms. The maximum absolute atomic E-state index is 12.2. The van der Waals surface area contributed by atoms with Crippen LogP contribution in [-0.4, -0.2) is 43.4 Å². The molecule has 2 aromatic heterocycles. The standard InChI is InChI=1S/C23H29ClN6O3S/c1-14-10-16(14)13-26-18-11-17(19(24)20(27-18)30(3)34(4,31)32)21-28-29-22(33-21)23(2,25)12-15-8-6-5-7-9-15/h5-9,11,14,16H,10,12-13,25H2,1-4H3,(H,26,27)/t14?,16?,23-/m0/s1. The maximum Gasteiger partial charge on any atom is 0.249 e. The third kappa shape index (κ3) is 5.34. The molecular formula is C23H29ClN6O3S. The van der Waals surface area contributed by atoms with Crippen molar-refractivity contribution in [2.45, 2.75) is 32.2 Å². The first-order chi connectivity index (χ1) is 16.0. The number of nitrogens with zero attached hydrogens (tertiary/aromatic N) is 4. The van der Waals surface area contributed by atoms with Crippen LogP contribution in [0.2, 0.25) is 5.02 Å². The Hall–Kier alpha value is -2.69. The quantitative estimate of drug-likeness (QED) is 0.452. The molecule has 1 aromatic carbocycles. The molecule has 9 nitrogen and oxygen atoms in total. The van der Waals surface area contributed by atoms with Gasteiger partial charge in [-0.25, -0.2) is 13.4 Å². The number of anilines is 2. The molecule has 0 bridgehead atoms. The summed E-state index contributed by atoms with van der Waals surface area (Å²) in [6.07, 6.45) is 2.73. The second-order valence-electron chi connectivity index (χ2n) is 9.27. The van der Waals surface area contributed by atoms with E-state index in [4.69, 9.17) is 21.8 Å². The van der Waals surface area contributed by atoms with Gasteiger partial charge in [-0.15, -0.1) is 10.2 Å². The molecule has 4 rings (SSSR count). The minimum Gasteiger partial charge on any atom is -0.419 e. The van der Waals surface area contributed by atoms with Crippen molar-refractivity contribution in [1.82, 2.24) is 15.2 Å². The van der Waals surface area contributed by atoms with Crippen LogP contribution in [0.15, 0.2) is 40.8 Å². The molecule has 182 valence electrons. The monoisotopic (exact) mass is 504 g/mol. The zero-order chi connectivity index (χ0) is 24.7. The van der Waals surface area contributed by atoms with E-state index < -0.39 is 15.6 Å². The molecule has 2 unspecified atom stereocenters. The summed E-state index contributed by atoms with van der Waals surface area (Å²) >= 11 is 6.61. The van der Waals surface area contributed by atoms with E-state index in [1.807, 2.05) is 37.3 Å². The minimum absolute atomic E-state index is 0.0764. The number of benzene rings is 1. The van der Waals surface area contributed by atoms with Crippen LogP contribution in [0.1, 0.15) is 31.7 Å². The summed E-state index contributed by atoms with van der Waals surface area (Å²) in [6, 6.07) is 11.5. The van der Waals surface area contributed by atoms with Gasteiger partial charge >= 0.3 is 0 Å². The van der Waals surface area contributed by atoms with Crippen molar-refractivity contribution in [2.24, 2.45) is 17.6 Å². The van der Waals surface area contributed by atoms with E-state index in [-0.39, 0.29) is 22.6 Å². The van der Waals surface area contributed by atoms with E-state index in [9.17, 15) is 8.42 Å². The molecule has 1 saturated carbocycles. The molecule has 0 amide bonds. The van der Waals surface area contributed by atoms with Gasteiger partial charge in [0.05, 0.1) is 22.4 Å². The lowest BCUT2D eigenvalue weighted by Gasteiger charge is -2.20. The van der Waals surface area contributed by atoms with Crippen molar-refractivity contribution in [3.63, 3.8) is 0 Å². The number of nitrogens with one attached hydrogen (secondary N) is 1. The van der Waals surface area contributed by atoms with E-state index in [0.717, 1.165) is 29.1 Å². The van der Waals surface area contributed by atoms with Crippen molar-refractivity contribution in [2.75, 3.05) is 29.5 Å². The SMILES string of the molecule is CC1CC1CNc1cc(-c2nnc([C@@](C)(N)Cc3ccccc3)o2)c(Cl)c(N(C)S(C)(=O)=O)n1. The molecule has 1 fully saturated rings. The van der Waals surface area contributed by atoms with Crippen molar-refractivity contribution < 1.29 is 12.8 Å². The van der Waals surface area contributed by atoms with Gasteiger partial charge in [0.25, 0.3) is 0 Å². The third-order valence-corrected chi connectivity index (χ3v) is 7.66. The summed E-state index contributed by atoms with van der Waals surface area (Å²) in [6.45, 7) is 4.73. The Balaban J connectivity index is 1.69. The van der Waals surface area contributed by atoms with Crippen LogP contribution in [0.4, 0.5) is 11.6 Å². The van der Waals surface area contributed by atoms with Crippen LogP contribution < -0.4 is 15.4 Å². The molecule has 0 aliphatic heterocycles. The molecule has 1 aliphatic carbocycles. The molecule has 1 aliphatic rings. The molecule has 2 heterocycles. The van der Waals surface area contributed by atoms with Crippen LogP contribution in [0.25, 0.3) is 11.5 Å². The molecule has 3 aromatic rings. The molecule has 11 heteroatoms. The summed E-state index contributed by atoms with van der Waals surface area (Å²) in [5.41, 5.74) is 7.02. The summed E-state index contributed by atoms with van der Waals surface area (Å²) in [5.74, 6) is 2.15. The zero-order valence-electron chi connectivity index (χ0n) is 19.6. The fourth-order valence-electron chi connectivity index (χ4n) is 3.71. The topological polar surface area (TPSA) is 127 Å². The van der Waals surface area contributed by atoms with Gasteiger partial charge < -0.3 is 15.5 Å². The molecule has 3 atom stereocenters. The fourth-order valence-corrected chi connectivity index (χ4v) is 4.51. The predicted octanol–water partition coefficient (Wildman–Crippen LogP) is 3.67. The van der Waals surface area contributed by atoms with Gasteiger partial charge in [0.2, 0.25) is 21.8 Å². The Morgan fingerprint density at radius 3 is 2.59 bits per heavy atom. The van der Waals surface area contributed by atoms with Crippen LogP contribution in [-0.2, 0) is 22.0 Å². The van der Waals surface area contributed by atoms with Crippen LogP contribution in [0.5, 0.6) is 0 Å². The summed E-state index contributed by atoms with van der Waals surface area (Å²) in [7, 11) is -2.20. The van der Waals surface area contributed by atoms with Crippen molar-refractivity contribution in [3.8, 4) is 11.5 Å². The highest BCUT2D eigenvalue weighted by Gasteiger charge is 2.33. The lowest BCUT2D eigenvalue weighted by Crippen LogP contribution is -2.35. The number of aromatic nitrogens is 3. The largest absolute Gasteiger partial charge is 0.419 e. The Morgan fingerprint density at radius 1 is 1.29 bits per heavy atom. The number of sulfonamides is 1. The van der Waals surface area contributed by atoms with Gasteiger partial charge in [-0.3, -0.25) is 4.31 Å². The Kier molecular flexibility index (Phi) is 6.58. The van der Waals surface area contributed by atoms with Crippen molar-refractivity contribution in [1.29, 1.82) is 0 Å². The lowest BCUT2D eigenvalue weighted by atomic mass is 9.94. The molecular weight excluding hydrogens is 476 g/mol. The maximum atomic E-state index is 12.2. The smallest absolute Gasteiger partial charge is 0.249 e. The van der Waals surface area contributed by atoms with Crippen LogP contribution in [0.3, 0.4) is 0 Å². The van der Waals surface area contributed by atoms with E-state index in [2.05, 4.69) is 27.4 Å². The van der Waals surface area contributed by atoms with Crippen molar-refractivity contribution in [3.05, 3.63) is 52.9 Å². The molecule has 0 spiro atoms. The summed E-state index contributed by atoms with van der Waals surface area (Å²) < 4.78 is 31.4. The van der Waals surface area contributed by atoms with E-state index in [0.29, 0.717) is 29.6 Å². The highest BCUT2D eigenvalue weighted by molar-refractivity contribution is 7.92. The second kappa shape index (κ2) is 9.16. The van der Waals surface area contributed by atoms with Crippen LogP contribution >= 0.6 is 11.6 Å². The second-order valence-corrected chi connectivity index (χ2v) is 11.7. The van der Waals surface area contributed by atoms with Gasteiger partial charge in [-0.2, -0.15) is 0 Å². The van der Waals surface area contributed by atoms with Crippen molar-refractivity contribution >= 4 is 33.3 Å². The Labute approximate surface area is 204 Å². The Morgan fingerprint density at radius 2 is 1.97 bits per heavy atom. The average Bonchev–Trinajstić information content (AvgIpc) is 3.25. The first-order valence-corrected chi connectivity index (χ1v) is 13.2. The molecule has 0 radical (unpaired) electrons. The number of rotatable bonds is 9. The number of hydrogen-bond donors (Lipinski definition) is 2. The zero-order valence-corrected chi connectivity index (χ0v) is 21.2. The first-order valence-electron chi connectivity index (χ1n) is 11.0. The van der Waals surface area contributed by atoms with Crippen LogP contribution in [0, 0.1) is 11.8 Å². The van der Waals surface area contributed by atoms with Gasteiger partial charge in [0, 0.05) is 13.6 Å².